The summed E-state index contributed by atoms with van der Waals surface area (Å²) in [6.45, 7) is 7.38. The van der Waals surface area contributed by atoms with Gasteiger partial charge in [0.05, 0.1) is 4.90 Å². The van der Waals surface area contributed by atoms with Crippen molar-refractivity contribution in [2.75, 3.05) is 5.32 Å². The van der Waals surface area contributed by atoms with Gasteiger partial charge in [0.15, 0.2) is 0 Å². The van der Waals surface area contributed by atoms with Crippen LogP contribution in [0.2, 0.25) is 0 Å². The molecule has 2 N–H and O–H groups in total. The number of aromatic nitrogens is 1. The Hall–Kier alpha value is -2.29. The highest BCUT2D eigenvalue weighted by Gasteiger charge is 2.10. The molecule has 0 radical (unpaired) electrons. The van der Waals surface area contributed by atoms with E-state index in [1.54, 1.807) is 23.5 Å². The van der Waals surface area contributed by atoms with Crippen molar-refractivity contribution < 1.29 is 22.7 Å². The first-order valence-electron chi connectivity index (χ1n) is 7.79. The maximum absolute atomic E-state index is 11.0. The number of benzene rings is 2. The largest absolute Gasteiger partial charge is 0.744 e. The predicted molar refractivity (Wildman–Crippen MR) is 101 cm³/mol. The Labute approximate surface area is 156 Å². The van der Waals surface area contributed by atoms with Gasteiger partial charge < -0.3 is 9.87 Å². The maximum Gasteiger partial charge on any atom is 0.233 e. The van der Waals surface area contributed by atoms with Crippen molar-refractivity contribution >= 4 is 43.3 Å². The topological polar surface area (TPSA) is 100 Å². The number of aromatic amines is 1. The Balaban J connectivity index is 0.000000197. The molecule has 0 saturated heterocycles. The van der Waals surface area contributed by atoms with Crippen LogP contribution in [-0.4, -0.2) is 18.9 Å². The van der Waals surface area contributed by atoms with Gasteiger partial charge in [0.1, 0.15) is 14.8 Å². The quantitative estimate of drug-likeness (QED) is 0.677. The molecule has 8 heteroatoms. The number of hydrogen-bond acceptors (Lipinski definition) is 5. The summed E-state index contributed by atoms with van der Waals surface area (Å²) in [7, 11) is -4.27. The molecule has 3 rings (SSSR count). The van der Waals surface area contributed by atoms with Crippen LogP contribution in [0.4, 0.5) is 5.69 Å². The highest BCUT2D eigenvalue weighted by molar-refractivity contribution is 7.85. The van der Waals surface area contributed by atoms with Crippen LogP contribution in [0.15, 0.2) is 41.3 Å². The van der Waals surface area contributed by atoms with Crippen molar-refractivity contribution in [1.82, 2.24) is 0 Å². The summed E-state index contributed by atoms with van der Waals surface area (Å²) in [5, 5.41) is 4.00. The fourth-order valence-corrected chi connectivity index (χ4v) is 3.64. The standard InChI is InChI=1S/C11H12N2OS.C7H8O3S/c1-6-4-10-11(15-8(3)13-10)5-9(6)12-7(2)14;1-6-2-4-7(5-3-6)11(8,9)10/h4-5H,1-3H3,(H,12,14);2-5H,1H3,(H,8,9,10). The van der Waals surface area contributed by atoms with Crippen LogP contribution in [0.3, 0.4) is 0 Å². The molecule has 26 heavy (non-hydrogen) atoms. The van der Waals surface area contributed by atoms with Gasteiger partial charge in [0, 0.05) is 25.6 Å². The van der Waals surface area contributed by atoms with Gasteiger partial charge in [-0.05, 0) is 37.6 Å². The van der Waals surface area contributed by atoms with E-state index in [0.29, 0.717) is 0 Å². The van der Waals surface area contributed by atoms with Crippen LogP contribution in [0.5, 0.6) is 0 Å². The third kappa shape index (κ3) is 5.35. The monoisotopic (exact) mass is 392 g/mol. The van der Waals surface area contributed by atoms with Gasteiger partial charge in [-0.15, -0.1) is 0 Å². The SMILES string of the molecule is CC(=O)Nc1cc2sc(C)[nH+]c2cc1C.Cc1ccc(S(=O)(=O)[O-])cc1. The average molecular weight is 393 g/mol. The summed E-state index contributed by atoms with van der Waals surface area (Å²) >= 11 is 1.70. The smallest absolute Gasteiger partial charge is 0.233 e. The van der Waals surface area contributed by atoms with E-state index in [0.717, 1.165) is 22.3 Å². The first-order chi connectivity index (χ1) is 12.1. The van der Waals surface area contributed by atoms with Crippen LogP contribution in [-0.2, 0) is 14.9 Å². The van der Waals surface area contributed by atoms with Crippen molar-refractivity contribution in [3.63, 3.8) is 0 Å². The number of rotatable bonds is 2. The lowest BCUT2D eigenvalue weighted by atomic mass is 10.2. The van der Waals surface area contributed by atoms with E-state index in [4.69, 9.17) is 0 Å². The van der Waals surface area contributed by atoms with Crippen LogP contribution in [0, 0.1) is 20.8 Å². The highest BCUT2D eigenvalue weighted by Crippen LogP contribution is 2.25. The number of hydrogen-bond donors (Lipinski definition) is 1. The fraction of sp³-hybridized carbons (Fsp3) is 0.222. The van der Waals surface area contributed by atoms with Crippen LogP contribution < -0.4 is 10.3 Å². The first-order valence-corrected chi connectivity index (χ1v) is 10.0. The van der Waals surface area contributed by atoms with Crippen molar-refractivity contribution in [2.45, 2.75) is 32.6 Å². The molecule has 3 aromatic rings. The molecule has 0 aliphatic carbocycles. The Morgan fingerprint density at radius 3 is 2.27 bits per heavy atom. The summed E-state index contributed by atoms with van der Waals surface area (Å²) < 4.78 is 32.3. The molecule has 0 fully saturated rings. The van der Waals surface area contributed by atoms with Crippen molar-refractivity contribution in [3.05, 3.63) is 52.5 Å². The number of anilines is 1. The highest BCUT2D eigenvalue weighted by atomic mass is 32.2. The van der Waals surface area contributed by atoms with E-state index in [1.165, 1.54) is 28.8 Å². The number of amides is 1. The van der Waals surface area contributed by atoms with E-state index in [1.807, 2.05) is 26.8 Å². The Bertz CT molecular complexity index is 1040. The lowest BCUT2D eigenvalue weighted by Gasteiger charge is -2.05. The van der Waals surface area contributed by atoms with Crippen LogP contribution in [0.1, 0.15) is 23.1 Å². The molecule has 0 aliphatic heterocycles. The van der Waals surface area contributed by atoms with Gasteiger partial charge >= 0.3 is 0 Å². The molecule has 0 aliphatic rings. The molecule has 6 nitrogen and oxygen atoms in total. The number of carbonyl (C=O) groups excluding carboxylic acids is 1. The zero-order valence-corrected chi connectivity index (χ0v) is 16.5. The Morgan fingerprint density at radius 1 is 1.12 bits per heavy atom. The summed E-state index contributed by atoms with van der Waals surface area (Å²) in [4.78, 5) is 14.1. The van der Waals surface area contributed by atoms with Crippen molar-refractivity contribution in [2.24, 2.45) is 0 Å². The molecule has 2 aromatic carbocycles. The van der Waals surface area contributed by atoms with E-state index in [-0.39, 0.29) is 10.8 Å². The van der Waals surface area contributed by atoms with Gasteiger partial charge in [0.25, 0.3) is 0 Å². The second-order valence-corrected chi connectivity index (χ2v) is 8.53. The Kier molecular flexibility index (Phi) is 6.12. The first kappa shape index (κ1) is 20.0. The summed E-state index contributed by atoms with van der Waals surface area (Å²) in [6.07, 6.45) is 0. The molecular weight excluding hydrogens is 372 g/mol. The van der Waals surface area contributed by atoms with E-state index >= 15 is 0 Å². The zero-order valence-electron chi connectivity index (χ0n) is 14.9. The second-order valence-electron chi connectivity index (χ2n) is 5.89. The lowest BCUT2D eigenvalue weighted by Crippen LogP contribution is -2.07. The average Bonchev–Trinajstić information content (AvgIpc) is 2.86. The van der Waals surface area contributed by atoms with Crippen LogP contribution >= 0.6 is 11.3 Å². The number of nitrogens with one attached hydrogen (secondary N) is 2. The number of H-pyrrole nitrogens is 1. The molecule has 1 heterocycles. The third-order valence-electron chi connectivity index (χ3n) is 3.52. The number of thiazole rings is 1. The predicted octanol–water partition coefficient (Wildman–Crippen LogP) is 3.19. The molecule has 0 spiro atoms. The second kappa shape index (κ2) is 7.94. The van der Waals surface area contributed by atoms with Crippen molar-refractivity contribution in [1.29, 1.82) is 0 Å². The molecule has 0 atom stereocenters. The third-order valence-corrected chi connectivity index (χ3v) is 5.34. The Morgan fingerprint density at radius 2 is 1.73 bits per heavy atom. The van der Waals surface area contributed by atoms with Crippen molar-refractivity contribution in [3.8, 4) is 0 Å². The van der Waals surface area contributed by atoms with Gasteiger partial charge in [-0.1, -0.05) is 29.0 Å². The summed E-state index contributed by atoms with van der Waals surface area (Å²) in [5.41, 5.74) is 4.03. The van der Waals surface area contributed by atoms with Gasteiger partial charge in [0.2, 0.25) is 16.4 Å². The molecular formula is C18H20N2O4S2. The molecule has 1 aromatic heterocycles. The molecule has 0 saturated carbocycles. The number of carbonyl (C=O) groups is 1. The number of aryl methyl sites for hydroxylation is 3. The summed E-state index contributed by atoms with van der Waals surface area (Å²) in [6, 6.07) is 9.86. The zero-order chi connectivity index (χ0) is 19.5. The van der Waals surface area contributed by atoms with Crippen LogP contribution in [0.25, 0.3) is 10.2 Å². The molecule has 0 unspecified atom stereocenters. The number of fused-ring (bicyclic) bond motifs is 1. The molecule has 0 bridgehead atoms. The normalized spacial score (nSPS) is 11.0. The minimum atomic E-state index is -4.27. The molecule has 138 valence electrons. The van der Waals surface area contributed by atoms with E-state index in [2.05, 4.69) is 16.4 Å². The van der Waals surface area contributed by atoms with Gasteiger partial charge in [-0.2, -0.15) is 4.98 Å². The molecule has 1 amide bonds. The van der Waals surface area contributed by atoms with Gasteiger partial charge in [-0.3, -0.25) is 4.79 Å². The van der Waals surface area contributed by atoms with E-state index in [9.17, 15) is 17.8 Å². The lowest BCUT2D eigenvalue weighted by molar-refractivity contribution is -0.347. The maximum atomic E-state index is 11.0. The van der Waals surface area contributed by atoms with E-state index < -0.39 is 10.1 Å². The summed E-state index contributed by atoms with van der Waals surface area (Å²) in [5.74, 6) is -0.0327. The minimum absolute atomic E-state index is 0.0327. The minimum Gasteiger partial charge on any atom is -0.744 e. The fourth-order valence-electron chi connectivity index (χ4n) is 2.28. The van der Waals surface area contributed by atoms with Gasteiger partial charge in [-0.25, -0.2) is 8.42 Å².